The zero-order valence-electron chi connectivity index (χ0n) is 10.8. The van der Waals surface area contributed by atoms with Crippen molar-refractivity contribution in [2.75, 3.05) is 31.3 Å². The van der Waals surface area contributed by atoms with Gasteiger partial charge >= 0.3 is 0 Å². The monoisotopic (exact) mass is 234 g/mol. The van der Waals surface area contributed by atoms with Crippen LogP contribution < -0.4 is 11.1 Å². The van der Waals surface area contributed by atoms with E-state index in [2.05, 4.69) is 18.3 Å². The predicted octanol–water partition coefficient (Wildman–Crippen LogP) is 2.81. The minimum Gasteiger partial charge on any atom is -0.399 e. The van der Waals surface area contributed by atoms with Crippen LogP contribution in [0.5, 0.6) is 0 Å². The van der Waals surface area contributed by atoms with Crippen LogP contribution in [0.15, 0.2) is 18.2 Å². The summed E-state index contributed by atoms with van der Waals surface area (Å²) < 4.78 is 5.16. The Hall–Kier alpha value is -1.22. The Kier molecular flexibility index (Phi) is 3.57. The van der Waals surface area contributed by atoms with Crippen molar-refractivity contribution in [2.24, 2.45) is 5.41 Å². The number of nitrogens with two attached hydrogens (primary N) is 1. The first-order valence-electron chi connectivity index (χ1n) is 6.24. The normalized spacial score (nSPS) is 16.8. The van der Waals surface area contributed by atoms with Gasteiger partial charge in [0.15, 0.2) is 0 Å². The van der Waals surface area contributed by atoms with Crippen molar-refractivity contribution >= 4 is 11.4 Å². The molecule has 0 aromatic heterocycles. The lowest BCUT2D eigenvalue weighted by atomic mass is 10.0. The minimum absolute atomic E-state index is 0.476. The van der Waals surface area contributed by atoms with Gasteiger partial charge in [0.1, 0.15) is 0 Å². The van der Waals surface area contributed by atoms with Crippen LogP contribution in [0.4, 0.5) is 11.4 Å². The molecule has 1 aromatic carbocycles. The van der Waals surface area contributed by atoms with E-state index in [-0.39, 0.29) is 0 Å². The molecule has 1 saturated carbocycles. The summed E-state index contributed by atoms with van der Waals surface area (Å²) in [6.45, 7) is 4.00. The first kappa shape index (κ1) is 12.2. The number of nitrogen functional groups attached to an aromatic ring is 1. The molecule has 3 nitrogen and oxygen atoms in total. The molecular weight excluding hydrogens is 212 g/mol. The van der Waals surface area contributed by atoms with E-state index in [9.17, 15) is 0 Å². The van der Waals surface area contributed by atoms with Crippen LogP contribution >= 0.6 is 0 Å². The first-order valence-corrected chi connectivity index (χ1v) is 6.24. The van der Waals surface area contributed by atoms with Crippen LogP contribution in [-0.2, 0) is 4.74 Å². The summed E-state index contributed by atoms with van der Waals surface area (Å²) in [6, 6.07) is 6.03. The van der Waals surface area contributed by atoms with E-state index in [1.54, 1.807) is 7.11 Å². The predicted molar refractivity (Wildman–Crippen MR) is 72.2 cm³/mol. The van der Waals surface area contributed by atoms with Crippen molar-refractivity contribution in [3.63, 3.8) is 0 Å². The molecule has 1 aromatic rings. The molecule has 0 spiro atoms. The molecule has 1 aliphatic carbocycles. The molecule has 0 atom stereocenters. The summed E-state index contributed by atoms with van der Waals surface area (Å²) in [7, 11) is 1.77. The number of anilines is 2. The molecule has 0 aliphatic heterocycles. The topological polar surface area (TPSA) is 47.3 Å². The Morgan fingerprint density at radius 2 is 2.18 bits per heavy atom. The summed E-state index contributed by atoms with van der Waals surface area (Å²) in [5.74, 6) is 0. The van der Waals surface area contributed by atoms with Gasteiger partial charge in [-0.25, -0.2) is 0 Å². The van der Waals surface area contributed by atoms with E-state index >= 15 is 0 Å². The van der Waals surface area contributed by atoms with Gasteiger partial charge in [-0.15, -0.1) is 0 Å². The van der Waals surface area contributed by atoms with Gasteiger partial charge in [0, 0.05) is 31.6 Å². The van der Waals surface area contributed by atoms with Gasteiger partial charge in [-0.2, -0.15) is 0 Å². The standard InChI is InChI=1S/C14H22N2O/c1-11-9-12(15)3-4-13(11)16-10-14(5-6-14)7-8-17-2/h3-4,9,16H,5-8,10,15H2,1-2H3. The molecule has 2 rings (SSSR count). The average Bonchev–Trinajstić information content (AvgIpc) is 3.06. The largest absolute Gasteiger partial charge is 0.399 e. The fourth-order valence-electron chi connectivity index (χ4n) is 2.18. The molecule has 0 unspecified atom stereocenters. The van der Waals surface area contributed by atoms with E-state index < -0.39 is 0 Å². The maximum absolute atomic E-state index is 5.74. The number of hydrogen-bond donors (Lipinski definition) is 2. The third-order valence-electron chi connectivity index (χ3n) is 3.70. The number of ether oxygens (including phenoxy) is 1. The highest BCUT2D eigenvalue weighted by Gasteiger charge is 2.41. The summed E-state index contributed by atoms with van der Waals surface area (Å²) >= 11 is 0. The second-order valence-corrected chi connectivity index (χ2v) is 5.17. The minimum atomic E-state index is 0.476. The van der Waals surface area contributed by atoms with Crippen molar-refractivity contribution in [1.29, 1.82) is 0 Å². The second kappa shape index (κ2) is 4.96. The maximum atomic E-state index is 5.74. The van der Waals surface area contributed by atoms with E-state index in [1.165, 1.54) is 24.1 Å². The Labute approximate surface area is 103 Å². The Balaban J connectivity index is 1.89. The molecule has 3 heteroatoms. The van der Waals surface area contributed by atoms with E-state index in [4.69, 9.17) is 10.5 Å². The van der Waals surface area contributed by atoms with Gasteiger partial charge in [-0.3, -0.25) is 0 Å². The molecule has 94 valence electrons. The van der Waals surface area contributed by atoms with Crippen LogP contribution in [0.2, 0.25) is 0 Å². The van der Waals surface area contributed by atoms with Crippen LogP contribution in [0.3, 0.4) is 0 Å². The van der Waals surface area contributed by atoms with Crippen molar-refractivity contribution in [3.05, 3.63) is 23.8 Å². The number of methoxy groups -OCH3 is 1. The average molecular weight is 234 g/mol. The number of rotatable bonds is 6. The second-order valence-electron chi connectivity index (χ2n) is 5.17. The van der Waals surface area contributed by atoms with Gasteiger partial charge in [0.05, 0.1) is 0 Å². The van der Waals surface area contributed by atoms with Gasteiger partial charge in [0.25, 0.3) is 0 Å². The van der Waals surface area contributed by atoms with Crippen LogP contribution in [0, 0.1) is 12.3 Å². The number of nitrogens with one attached hydrogen (secondary N) is 1. The van der Waals surface area contributed by atoms with E-state index in [0.29, 0.717) is 5.41 Å². The Morgan fingerprint density at radius 3 is 2.76 bits per heavy atom. The number of hydrogen-bond acceptors (Lipinski definition) is 3. The maximum Gasteiger partial charge on any atom is 0.0468 e. The van der Waals surface area contributed by atoms with Crippen LogP contribution in [0.1, 0.15) is 24.8 Å². The summed E-state index contributed by atoms with van der Waals surface area (Å²) in [5, 5.41) is 3.54. The van der Waals surface area contributed by atoms with Gasteiger partial charge in [0.2, 0.25) is 0 Å². The van der Waals surface area contributed by atoms with Crippen molar-refractivity contribution < 1.29 is 4.74 Å². The van der Waals surface area contributed by atoms with Crippen molar-refractivity contribution in [3.8, 4) is 0 Å². The van der Waals surface area contributed by atoms with Gasteiger partial charge in [-0.1, -0.05) is 0 Å². The molecule has 0 radical (unpaired) electrons. The molecular formula is C14H22N2O. The highest BCUT2D eigenvalue weighted by atomic mass is 16.5. The van der Waals surface area contributed by atoms with Crippen LogP contribution in [-0.4, -0.2) is 20.3 Å². The lowest BCUT2D eigenvalue weighted by molar-refractivity contribution is 0.175. The fourth-order valence-corrected chi connectivity index (χ4v) is 2.18. The Bertz CT molecular complexity index is 386. The zero-order chi connectivity index (χ0) is 12.3. The lowest BCUT2D eigenvalue weighted by Gasteiger charge is -2.17. The quantitative estimate of drug-likeness (QED) is 0.744. The van der Waals surface area contributed by atoms with Crippen molar-refractivity contribution in [2.45, 2.75) is 26.2 Å². The summed E-state index contributed by atoms with van der Waals surface area (Å²) in [6.07, 6.45) is 3.79. The molecule has 17 heavy (non-hydrogen) atoms. The fraction of sp³-hybridized carbons (Fsp3) is 0.571. The summed E-state index contributed by atoms with van der Waals surface area (Å²) in [4.78, 5) is 0. The number of benzene rings is 1. The smallest absolute Gasteiger partial charge is 0.0468 e. The van der Waals surface area contributed by atoms with Gasteiger partial charge in [-0.05, 0) is 55.4 Å². The van der Waals surface area contributed by atoms with E-state index in [0.717, 1.165) is 25.3 Å². The Morgan fingerprint density at radius 1 is 1.41 bits per heavy atom. The molecule has 0 amide bonds. The molecule has 1 aliphatic rings. The third kappa shape index (κ3) is 3.13. The highest BCUT2D eigenvalue weighted by Crippen LogP contribution is 2.48. The molecule has 1 fully saturated rings. The van der Waals surface area contributed by atoms with Gasteiger partial charge < -0.3 is 15.8 Å². The van der Waals surface area contributed by atoms with Crippen LogP contribution in [0.25, 0.3) is 0 Å². The SMILES string of the molecule is COCCC1(CNc2ccc(N)cc2C)CC1. The lowest BCUT2D eigenvalue weighted by Crippen LogP contribution is -2.17. The zero-order valence-corrected chi connectivity index (χ0v) is 10.8. The van der Waals surface area contributed by atoms with Crippen molar-refractivity contribution in [1.82, 2.24) is 0 Å². The molecule has 0 bridgehead atoms. The van der Waals surface area contributed by atoms with E-state index in [1.807, 2.05) is 12.1 Å². The molecule has 3 N–H and O–H groups in total. The molecule has 0 heterocycles. The highest BCUT2D eigenvalue weighted by molar-refractivity contribution is 5.57. The first-order chi connectivity index (χ1) is 8.15. The third-order valence-corrected chi connectivity index (χ3v) is 3.70. The molecule has 0 saturated heterocycles. The summed E-state index contributed by atoms with van der Waals surface area (Å²) in [5.41, 5.74) is 9.46. The number of aryl methyl sites for hydroxylation is 1.